The molecule has 2 aromatic rings. The number of halogens is 1. The van der Waals surface area contributed by atoms with Crippen LogP contribution in [0.4, 0.5) is 0 Å². The van der Waals surface area contributed by atoms with Crippen LogP contribution in [0.25, 0.3) is 5.69 Å². The summed E-state index contributed by atoms with van der Waals surface area (Å²) >= 11 is 7.52. The van der Waals surface area contributed by atoms with E-state index in [2.05, 4.69) is 10.4 Å². The SMILES string of the molecule is Cc1ccc(-n2nc(SC(C)C(=O)NC3CCCCC3)ccc2=O)cc1Cl. The van der Waals surface area contributed by atoms with Gasteiger partial charge in [0.05, 0.1) is 10.9 Å². The molecule has 1 fully saturated rings. The Morgan fingerprint density at radius 3 is 2.70 bits per heavy atom. The number of aryl methyl sites for hydroxylation is 1. The van der Waals surface area contributed by atoms with Gasteiger partial charge in [-0.15, -0.1) is 0 Å². The van der Waals surface area contributed by atoms with Gasteiger partial charge in [0.1, 0.15) is 5.03 Å². The fraction of sp³-hybridized carbons (Fsp3) is 0.450. The minimum Gasteiger partial charge on any atom is -0.352 e. The lowest BCUT2D eigenvalue weighted by molar-refractivity contribution is -0.121. The summed E-state index contributed by atoms with van der Waals surface area (Å²) in [6, 6.07) is 8.79. The van der Waals surface area contributed by atoms with Gasteiger partial charge in [0.25, 0.3) is 5.56 Å². The molecule has 1 atom stereocenters. The van der Waals surface area contributed by atoms with E-state index in [1.807, 2.05) is 26.0 Å². The molecule has 0 aliphatic heterocycles. The van der Waals surface area contributed by atoms with Crippen LogP contribution in [0.3, 0.4) is 0 Å². The molecule has 0 spiro atoms. The third kappa shape index (κ3) is 5.14. The van der Waals surface area contributed by atoms with E-state index in [4.69, 9.17) is 11.6 Å². The van der Waals surface area contributed by atoms with Gasteiger partial charge in [-0.3, -0.25) is 9.59 Å². The van der Waals surface area contributed by atoms with Crippen molar-refractivity contribution in [1.82, 2.24) is 15.1 Å². The first-order chi connectivity index (χ1) is 12.9. The van der Waals surface area contributed by atoms with Gasteiger partial charge in [-0.2, -0.15) is 9.78 Å². The average molecular weight is 406 g/mol. The van der Waals surface area contributed by atoms with Gasteiger partial charge >= 0.3 is 0 Å². The Bertz CT molecular complexity index is 878. The standard InChI is InChI=1S/C20H24ClN3O2S/c1-13-8-9-16(12-17(13)21)24-19(25)11-10-18(23-24)27-14(2)20(26)22-15-6-4-3-5-7-15/h8-12,14-15H,3-7H2,1-2H3,(H,22,26). The van der Waals surface area contributed by atoms with Crippen molar-refractivity contribution in [3.05, 3.63) is 51.3 Å². The molecule has 3 rings (SSSR count). The lowest BCUT2D eigenvalue weighted by Gasteiger charge is -2.24. The van der Waals surface area contributed by atoms with Gasteiger partial charge in [0, 0.05) is 17.1 Å². The molecule has 1 aliphatic carbocycles. The van der Waals surface area contributed by atoms with E-state index in [-0.39, 0.29) is 22.8 Å². The molecule has 27 heavy (non-hydrogen) atoms. The highest BCUT2D eigenvalue weighted by Gasteiger charge is 2.21. The van der Waals surface area contributed by atoms with E-state index in [0.717, 1.165) is 18.4 Å². The molecule has 7 heteroatoms. The Morgan fingerprint density at radius 1 is 1.26 bits per heavy atom. The summed E-state index contributed by atoms with van der Waals surface area (Å²) in [5.74, 6) is 0.0184. The predicted octanol–water partition coefficient (Wildman–Crippen LogP) is 4.12. The molecule has 1 aliphatic rings. The highest BCUT2D eigenvalue weighted by Crippen LogP contribution is 2.23. The molecule has 1 aromatic heterocycles. The third-order valence-electron chi connectivity index (χ3n) is 4.79. The van der Waals surface area contributed by atoms with Crippen molar-refractivity contribution >= 4 is 29.3 Å². The normalized spacial score (nSPS) is 16.1. The maximum Gasteiger partial charge on any atom is 0.271 e. The topological polar surface area (TPSA) is 64.0 Å². The number of carbonyl (C=O) groups excluding carboxylic acids is 1. The summed E-state index contributed by atoms with van der Waals surface area (Å²) in [6.45, 7) is 3.77. The number of hydrogen-bond donors (Lipinski definition) is 1. The second kappa shape index (κ2) is 8.93. The van der Waals surface area contributed by atoms with Crippen LogP contribution in [-0.2, 0) is 4.79 Å². The summed E-state index contributed by atoms with van der Waals surface area (Å²) in [6.07, 6.45) is 5.72. The number of aromatic nitrogens is 2. The first-order valence-corrected chi connectivity index (χ1v) is 10.5. The van der Waals surface area contributed by atoms with E-state index in [0.29, 0.717) is 15.7 Å². The molecule has 1 saturated carbocycles. The summed E-state index contributed by atoms with van der Waals surface area (Å²) in [5, 5.41) is 8.47. The molecule has 0 bridgehead atoms. The average Bonchev–Trinajstić information content (AvgIpc) is 2.66. The number of benzene rings is 1. The van der Waals surface area contributed by atoms with Crippen LogP contribution in [0.5, 0.6) is 0 Å². The van der Waals surface area contributed by atoms with Crippen molar-refractivity contribution in [2.45, 2.75) is 62.3 Å². The Hall–Kier alpha value is -1.79. The number of rotatable bonds is 5. The molecule has 0 saturated heterocycles. The van der Waals surface area contributed by atoms with E-state index in [1.165, 1.54) is 41.8 Å². The van der Waals surface area contributed by atoms with Crippen molar-refractivity contribution < 1.29 is 4.79 Å². The smallest absolute Gasteiger partial charge is 0.271 e. The summed E-state index contributed by atoms with van der Waals surface area (Å²) in [7, 11) is 0. The molecule has 1 heterocycles. The predicted molar refractivity (Wildman–Crippen MR) is 110 cm³/mol. The van der Waals surface area contributed by atoms with Crippen LogP contribution in [-0.4, -0.2) is 27.0 Å². The Morgan fingerprint density at radius 2 is 2.00 bits per heavy atom. The van der Waals surface area contributed by atoms with Crippen LogP contribution in [0, 0.1) is 6.92 Å². The highest BCUT2D eigenvalue weighted by atomic mass is 35.5. The highest BCUT2D eigenvalue weighted by molar-refractivity contribution is 8.00. The summed E-state index contributed by atoms with van der Waals surface area (Å²) in [4.78, 5) is 24.7. The lowest BCUT2D eigenvalue weighted by Crippen LogP contribution is -2.40. The molecule has 5 nitrogen and oxygen atoms in total. The Balaban J connectivity index is 1.72. The fourth-order valence-corrected chi connectivity index (χ4v) is 4.14. The van der Waals surface area contributed by atoms with E-state index < -0.39 is 0 Å². The molecular formula is C20H24ClN3O2S. The first kappa shape index (κ1) is 20.0. The van der Waals surface area contributed by atoms with E-state index in [1.54, 1.807) is 12.1 Å². The molecular weight excluding hydrogens is 382 g/mol. The lowest BCUT2D eigenvalue weighted by atomic mass is 9.95. The number of nitrogens with one attached hydrogen (secondary N) is 1. The molecule has 0 radical (unpaired) electrons. The number of nitrogens with zero attached hydrogens (tertiary/aromatic N) is 2. The van der Waals surface area contributed by atoms with E-state index >= 15 is 0 Å². The number of carbonyl (C=O) groups is 1. The zero-order chi connectivity index (χ0) is 19.4. The van der Waals surface area contributed by atoms with E-state index in [9.17, 15) is 9.59 Å². The Labute approximate surface area is 168 Å². The van der Waals surface area contributed by atoms with Crippen LogP contribution >= 0.6 is 23.4 Å². The molecule has 144 valence electrons. The van der Waals surface area contributed by atoms with Crippen LogP contribution in [0.2, 0.25) is 5.02 Å². The minimum absolute atomic E-state index is 0.0184. The molecule has 1 N–H and O–H groups in total. The molecule has 1 unspecified atom stereocenters. The van der Waals surface area contributed by atoms with Gasteiger partial charge in [-0.1, -0.05) is 48.7 Å². The van der Waals surface area contributed by atoms with Crippen LogP contribution in [0.1, 0.15) is 44.6 Å². The van der Waals surface area contributed by atoms with Crippen molar-refractivity contribution in [3.63, 3.8) is 0 Å². The third-order valence-corrected chi connectivity index (χ3v) is 6.23. The van der Waals surface area contributed by atoms with Crippen molar-refractivity contribution in [3.8, 4) is 5.69 Å². The van der Waals surface area contributed by atoms with Gasteiger partial charge in [-0.05, 0) is 50.5 Å². The quantitative estimate of drug-likeness (QED) is 0.760. The van der Waals surface area contributed by atoms with Crippen LogP contribution in [0.15, 0.2) is 40.2 Å². The minimum atomic E-state index is -0.285. The summed E-state index contributed by atoms with van der Waals surface area (Å²) < 4.78 is 1.32. The second-order valence-electron chi connectivity index (χ2n) is 6.96. The van der Waals surface area contributed by atoms with Gasteiger partial charge in [0.15, 0.2) is 0 Å². The second-order valence-corrected chi connectivity index (χ2v) is 8.73. The zero-order valence-electron chi connectivity index (χ0n) is 15.6. The number of hydrogen-bond acceptors (Lipinski definition) is 4. The fourth-order valence-electron chi connectivity index (χ4n) is 3.16. The van der Waals surface area contributed by atoms with Crippen molar-refractivity contribution in [1.29, 1.82) is 0 Å². The largest absolute Gasteiger partial charge is 0.352 e. The van der Waals surface area contributed by atoms with Crippen molar-refractivity contribution in [2.75, 3.05) is 0 Å². The van der Waals surface area contributed by atoms with Crippen LogP contribution < -0.4 is 10.9 Å². The maximum atomic E-state index is 12.5. The number of amides is 1. The number of thioether (sulfide) groups is 1. The monoisotopic (exact) mass is 405 g/mol. The summed E-state index contributed by atoms with van der Waals surface area (Å²) in [5.41, 5.74) is 1.31. The van der Waals surface area contributed by atoms with Gasteiger partial charge in [0.2, 0.25) is 5.91 Å². The molecule has 1 amide bonds. The first-order valence-electron chi connectivity index (χ1n) is 9.28. The van der Waals surface area contributed by atoms with Gasteiger partial charge < -0.3 is 5.32 Å². The van der Waals surface area contributed by atoms with Crippen molar-refractivity contribution in [2.24, 2.45) is 0 Å². The maximum absolute atomic E-state index is 12.5. The molecule has 1 aromatic carbocycles. The Kier molecular flexibility index (Phi) is 6.60. The van der Waals surface area contributed by atoms with Gasteiger partial charge in [-0.25, -0.2) is 0 Å². The zero-order valence-corrected chi connectivity index (χ0v) is 17.1.